The lowest BCUT2D eigenvalue weighted by atomic mass is 10.0. The Morgan fingerprint density at radius 1 is 0.711 bits per heavy atom. The van der Waals surface area contributed by atoms with Gasteiger partial charge in [-0.25, -0.2) is 0 Å². The van der Waals surface area contributed by atoms with Crippen LogP contribution < -0.4 is 4.90 Å². The minimum Gasteiger partial charge on any atom is -0.372 e. The van der Waals surface area contributed by atoms with Gasteiger partial charge in [0.15, 0.2) is 0 Å². The van der Waals surface area contributed by atoms with Crippen LogP contribution in [0.5, 0.6) is 0 Å². The van der Waals surface area contributed by atoms with Gasteiger partial charge in [-0.05, 0) is 111 Å². The lowest BCUT2D eigenvalue weighted by molar-refractivity contribution is 0.866. The van der Waals surface area contributed by atoms with Crippen LogP contribution >= 0.6 is 0 Å². The van der Waals surface area contributed by atoms with Crippen molar-refractivity contribution < 1.29 is 0 Å². The highest BCUT2D eigenvalue weighted by Crippen LogP contribution is 2.24. The van der Waals surface area contributed by atoms with Gasteiger partial charge in [-0.1, -0.05) is 18.2 Å². The van der Waals surface area contributed by atoms with Crippen molar-refractivity contribution in [3.63, 3.8) is 0 Å². The summed E-state index contributed by atoms with van der Waals surface area (Å²) in [5.74, 6) is 0. The van der Waals surface area contributed by atoms with E-state index in [-0.39, 0.29) is 0 Å². The van der Waals surface area contributed by atoms with Gasteiger partial charge in [-0.2, -0.15) is 10.2 Å². The van der Waals surface area contributed by atoms with E-state index in [9.17, 15) is 0 Å². The first-order chi connectivity index (χ1) is 18.6. The Kier molecular flexibility index (Phi) is 9.63. The summed E-state index contributed by atoms with van der Waals surface area (Å²) < 4.78 is 0. The summed E-state index contributed by atoms with van der Waals surface area (Å²) in [4.78, 5) is 15.4. The topological polar surface area (TPSA) is 65.6 Å². The number of pyridine rings is 1. The molecule has 1 aromatic heterocycles. The molecule has 0 amide bonds. The lowest BCUT2D eigenvalue weighted by Gasteiger charge is -2.20. The van der Waals surface area contributed by atoms with Crippen molar-refractivity contribution in [3.8, 4) is 0 Å². The van der Waals surface area contributed by atoms with Crippen LogP contribution in [-0.2, 0) is 6.42 Å². The predicted octanol–water partition coefficient (Wildman–Crippen LogP) is 8.74. The summed E-state index contributed by atoms with van der Waals surface area (Å²) in [5, 5.41) is 8.86. The van der Waals surface area contributed by atoms with Crippen LogP contribution in [-0.4, -0.2) is 30.5 Å². The van der Waals surface area contributed by atoms with Crippen LogP contribution in [0, 0.1) is 6.92 Å². The average Bonchev–Trinajstić information content (AvgIpc) is 2.96. The number of aliphatic imine (C=N–C) groups is 2. The van der Waals surface area contributed by atoms with E-state index in [1.807, 2.05) is 67.0 Å². The lowest BCUT2D eigenvalue weighted by Crippen LogP contribution is -2.21. The van der Waals surface area contributed by atoms with Crippen molar-refractivity contribution in [3.05, 3.63) is 108 Å². The summed E-state index contributed by atoms with van der Waals surface area (Å²) in [6, 6.07) is 26.3. The maximum Gasteiger partial charge on any atom is 0.0859 e. The fraction of sp³-hybridized carbons (Fsp3) is 0.219. The highest BCUT2D eigenvalue weighted by molar-refractivity contribution is 5.82. The molecule has 0 aliphatic carbocycles. The third-order valence-corrected chi connectivity index (χ3v) is 6.29. The number of nitrogens with zero attached hydrogens (tertiary/aromatic N) is 6. The minimum atomic E-state index is 0.855. The Labute approximate surface area is 225 Å². The second-order valence-electron chi connectivity index (χ2n) is 8.90. The molecule has 1 heterocycles. The molecule has 0 saturated carbocycles. The molecule has 0 saturated heterocycles. The first kappa shape index (κ1) is 26.6. The molecule has 0 aliphatic rings. The second-order valence-corrected chi connectivity index (χ2v) is 8.90. The summed E-state index contributed by atoms with van der Waals surface area (Å²) in [7, 11) is 0. The molecule has 38 heavy (non-hydrogen) atoms. The van der Waals surface area contributed by atoms with E-state index < -0.39 is 0 Å². The molecule has 0 radical (unpaired) electrons. The number of benzene rings is 3. The smallest absolute Gasteiger partial charge is 0.0859 e. The first-order valence-corrected chi connectivity index (χ1v) is 13.1. The number of anilines is 1. The van der Waals surface area contributed by atoms with E-state index >= 15 is 0 Å². The molecule has 0 bridgehead atoms. The quantitative estimate of drug-likeness (QED) is 0.152. The molecule has 4 rings (SSSR count). The Hall–Kier alpha value is -4.45. The normalized spacial score (nSPS) is 11.7. The number of aromatic nitrogens is 1. The van der Waals surface area contributed by atoms with Crippen molar-refractivity contribution in [2.24, 2.45) is 20.2 Å². The van der Waals surface area contributed by atoms with Gasteiger partial charge in [0, 0.05) is 43.6 Å². The molecule has 4 aromatic rings. The summed E-state index contributed by atoms with van der Waals surface area (Å²) in [6.07, 6.45) is 9.09. The van der Waals surface area contributed by atoms with Gasteiger partial charge in [0.25, 0.3) is 0 Å². The maximum atomic E-state index is 4.60. The van der Waals surface area contributed by atoms with Gasteiger partial charge in [0.2, 0.25) is 0 Å². The third kappa shape index (κ3) is 7.77. The molecule has 0 unspecified atom stereocenters. The molecule has 0 aliphatic heterocycles. The van der Waals surface area contributed by atoms with E-state index in [0.29, 0.717) is 0 Å². The Morgan fingerprint density at radius 2 is 1.34 bits per heavy atom. The van der Waals surface area contributed by atoms with Crippen LogP contribution in [0.2, 0.25) is 0 Å². The van der Waals surface area contributed by atoms with Gasteiger partial charge in [0.1, 0.15) is 0 Å². The molecule has 0 fully saturated rings. The monoisotopic (exact) mass is 502 g/mol. The number of hydrogen-bond donors (Lipinski definition) is 0. The van der Waals surface area contributed by atoms with Gasteiger partial charge >= 0.3 is 0 Å². The number of aryl methyl sites for hydroxylation is 2. The highest BCUT2D eigenvalue weighted by atomic mass is 15.1. The van der Waals surface area contributed by atoms with E-state index in [1.54, 1.807) is 12.4 Å². The van der Waals surface area contributed by atoms with E-state index in [4.69, 9.17) is 0 Å². The van der Waals surface area contributed by atoms with Crippen LogP contribution in [0.15, 0.2) is 111 Å². The van der Waals surface area contributed by atoms with Crippen molar-refractivity contribution in [2.75, 3.05) is 18.0 Å². The number of rotatable bonds is 11. The fourth-order valence-electron chi connectivity index (χ4n) is 4.07. The highest BCUT2D eigenvalue weighted by Gasteiger charge is 2.02. The standard InChI is InChI=1S/C32H34N6/c1-4-38(5-2)32-16-14-30(15-17-32)36-37-31-13-10-27(25(3)23-31)7-6-20-34-28-11-8-26(9-12-28)24-35-29-18-21-33-22-19-29/h8-24H,4-7H2,1-3H3. The fourth-order valence-corrected chi connectivity index (χ4v) is 4.07. The van der Waals surface area contributed by atoms with E-state index in [2.05, 4.69) is 75.1 Å². The van der Waals surface area contributed by atoms with Crippen LogP contribution in [0.3, 0.4) is 0 Å². The molecule has 6 heteroatoms. The second kappa shape index (κ2) is 13.7. The Bertz CT molecular complexity index is 1370. The molecule has 0 spiro atoms. The van der Waals surface area contributed by atoms with Crippen LogP contribution in [0.4, 0.5) is 28.4 Å². The van der Waals surface area contributed by atoms with Gasteiger partial charge in [0.05, 0.1) is 22.7 Å². The molecule has 0 N–H and O–H groups in total. The molecule has 192 valence electrons. The maximum absolute atomic E-state index is 4.60. The van der Waals surface area contributed by atoms with Crippen molar-refractivity contribution in [1.29, 1.82) is 0 Å². The zero-order valence-corrected chi connectivity index (χ0v) is 22.3. The molecule has 6 nitrogen and oxygen atoms in total. The van der Waals surface area contributed by atoms with E-state index in [0.717, 1.165) is 54.2 Å². The van der Waals surface area contributed by atoms with Gasteiger partial charge in [-0.3, -0.25) is 15.0 Å². The molecular weight excluding hydrogens is 468 g/mol. The van der Waals surface area contributed by atoms with Crippen LogP contribution in [0.25, 0.3) is 0 Å². The molecule has 0 atom stereocenters. The summed E-state index contributed by atoms with van der Waals surface area (Å²) in [5.41, 5.74) is 8.28. The zero-order valence-electron chi connectivity index (χ0n) is 22.3. The van der Waals surface area contributed by atoms with Crippen LogP contribution in [0.1, 0.15) is 37.0 Å². The predicted molar refractivity (Wildman–Crippen MR) is 160 cm³/mol. The van der Waals surface area contributed by atoms with Gasteiger partial charge in [-0.15, -0.1) is 0 Å². The summed E-state index contributed by atoms with van der Waals surface area (Å²) >= 11 is 0. The van der Waals surface area contributed by atoms with Gasteiger partial charge < -0.3 is 4.90 Å². The first-order valence-electron chi connectivity index (χ1n) is 13.1. The largest absolute Gasteiger partial charge is 0.372 e. The number of hydrogen-bond acceptors (Lipinski definition) is 6. The van der Waals surface area contributed by atoms with Crippen molar-refractivity contribution in [2.45, 2.75) is 33.6 Å². The third-order valence-electron chi connectivity index (χ3n) is 6.29. The SMILES string of the molecule is CCN(CC)c1ccc(N=Nc2ccc(CCC=Nc3ccc(C=Nc4ccncc4)cc3)c(C)c2)cc1. The zero-order chi connectivity index (χ0) is 26.6. The van der Waals surface area contributed by atoms with E-state index in [1.165, 1.54) is 16.8 Å². The molecular formula is C32H34N6. The Morgan fingerprint density at radius 3 is 2.03 bits per heavy atom. The molecule has 3 aromatic carbocycles. The van der Waals surface area contributed by atoms with Crippen molar-refractivity contribution >= 4 is 40.9 Å². The van der Waals surface area contributed by atoms with Crippen molar-refractivity contribution in [1.82, 2.24) is 4.98 Å². The number of azo groups is 1. The Balaban J connectivity index is 1.27. The minimum absolute atomic E-state index is 0.855. The average molecular weight is 503 g/mol. The summed E-state index contributed by atoms with van der Waals surface area (Å²) in [6.45, 7) is 8.43.